The normalized spacial score (nSPS) is 10.1. The van der Waals surface area contributed by atoms with Crippen molar-refractivity contribution in [2.24, 2.45) is 5.73 Å². The Bertz CT molecular complexity index is 586. The molecule has 106 valence electrons. The number of aryl methyl sites for hydroxylation is 1. The molecule has 2 N–H and O–H groups in total. The molecular formula is C15H18N2O3. The van der Waals surface area contributed by atoms with E-state index in [1.165, 1.54) is 0 Å². The van der Waals surface area contributed by atoms with E-state index in [-0.39, 0.29) is 16.8 Å². The Hall–Kier alpha value is -2.35. The summed E-state index contributed by atoms with van der Waals surface area (Å²) in [7, 11) is 0. The van der Waals surface area contributed by atoms with Crippen LogP contribution in [0.15, 0.2) is 6.07 Å². The molecule has 1 aromatic rings. The van der Waals surface area contributed by atoms with Gasteiger partial charge in [0.1, 0.15) is 5.56 Å². The van der Waals surface area contributed by atoms with E-state index in [9.17, 15) is 14.9 Å². The minimum atomic E-state index is -0.655. The smallest absolute Gasteiger partial charge is 0.289 e. The molecule has 5 nitrogen and oxygen atoms in total. The Labute approximate surface area is 118 Å². The number of nitrogens with two attached hydrogens (primary N) is 1. The molecule has 0 saturated heterocycles. The van der Waals surface area contributed by atoms with Gasteiger partial charge in [-0.2, -0.15) is 0 Å². The number of amides is 1. The van der Waals surface area contributed by atoms with Crippen LogP contribution in [0.1, 0.15) is 53.7 Å². The standard InChI is InChI=1S/C15H18N2O3/c1-4-7-10-9-13(15(16)18)12(8-5-2)14(17(19)20)11(10)6-3/h3,9H,4-5,7-8H2,1-2H3,(H2,16,18). The van der Waals surface area contributed by atoms with Gasteiger partial charge in [0.05, 0.1) is 4.92 Å². The topological polar surface area (TPSA) is 86.2 Å². The summed E-state index contributed by atoms with van der Waals surface area (Å²) < 4.78 is 0. The van der Waals surface area contributed by atoms with Gasteiger partial charge in [-0.05, 0) is 24.5 Å². The summed E-state index contributed by atoms with van der Waals surface area (Å²) in [6.07, 6.45) is 7.85. The second kappa shape index (κ2) is 6.71. The number of benzene rings is 1. The molecule has 1 amide bonds. The lowest BCUT2D eigenvalue weighted by molar-refractivity contribution is -0.385. The molecular weight excluding hydrogens is 256 g/mol. The number of carbonyl (C=O) groups is 1. The summed E-state index contributed by atoms with van der Waals surface area (Å²) in [5, 5.41) is 11.4. The Kier molecular flexibility index (Phi) is 5.27. The Balaban J connectivity index is 3.75. The molecule has 0 aromatic heterocycles. The summed E-state index contributed by atoms with van der Waals surface area (Å²) in [5.74, 6) is 1.75. The summed E-state index contributed by atoms with van der Waals surface area (Å²) in [6.45, 7) is 3.82. The van der Waals surface area contributed by atoms with Crippen molar-refractivity contribution in [2.45, 2.75) is 39.5 Å². The van der Waals surface area contributed by atoms with Gasteiger partial charge in [-0.25, -0.2) is 0 Å². The number of carbonyl (C=O) groups excluding carboxylic acids is 1. The molecule has 0 bridgehead atoms. The number of hydrogen-bond acceptors (Lipinski definition) is 3. The monoisotopic (exact) mass is 274 g/mol. The number of nitrogens with zero attached hydrogens (tertiary/aromatic N) is 1. The lowest BCUT2D eigenvalue weighted by Crippen LogP contribution is -2.17. The Morgan fingerprint density at radius 3 is 2.40 bits per heavy atom. The molecule has 0 fully saturated rings. The van der Waals surface area contributed by atoms with Crippen molar-refractivity contribution in [3.63, 3.8) is 0 Å². The molecule has 0 aliphatic carbocycles. The minimum absolute atomic E-state index is 0.144. The van der Waals surface area contributed by atoms with Crippen LogP contribution in [0.25, 0.3) is 0 Å². The molecule has 0 atom stereocenters. The van der Waals surface area contributed by atoms with Crippen LogP contribution in [0.4, 0.5) is 5.69 Å². The SMILES string of the molecule is C#Cc1c(CCC)cc(C(N)=O)c(CCC)c1[N+](=O)[O-]. The van der Waals surface area contributed by atoms with E-state index in [4.69, 9.17) is 12.2 Å². The molecule has 0 unspecified atom stereocenters. The first-order valence-electron chi connectivity index (χ1n) is 6.57. The van der Waals surface area contributed by atoms with Gasteiger partial charge >= 0.3 is 0 Å². The first kappa shape index (κ1) is 15.7. The number of nitro groups is 1. The molecule has 20 heavy (non-hydrogen) atoms. The fraction of sp³-hybridized carbons (Fsp3) is 0.400. The summed E-state index contributed by atoms with van der Waals surface area (Å²) in [4.78, 5) is 22.4. The molecule has 1 aromatic carbocycles. The third kappa shape index (κ3) is 2.97. The highest BCUT2D eigenvalue weighted by Crippen LogP contribution is 2.31. The van der Waals surface area contributed by atoms with Crippen LogP contribution < -0.4 is 5.73 Å². The van der Waals surface area contributed by atoms with E-state index in [0.717, 1.165) is 6.42 Å². The van der Waals surface area contributed by atoms with Crippen molar-refractivity contribution in [1.29, 1.82) is 0 Å². The maximum atomic E-state index is 11.6. The first-order valence-corrected chi connectivity index (χ1v) is 6.57. The number of rotatable bonds is 6. The second-order valence-corrected chi connectivity index (χ2v) is 4.55. The van der Waals surface area contributed by atoms with Gasteiger partial charge in [0.15, 0.2) is 0 Å². The molecule has 0 radical (unpaired) electrons. The lowest BCUT2D eigenvalue weighted by Gasteiger charge is -2.12. The molecule has 1 rings (SSSR count). The number of primary amides is 1. The van der Waals surface area contributed by atoms with Crippen LogP contribution in [0.2, 0.25) is 0 Å². The van der Waals surface area contributed by atoms with Crippen LogP contribution >= 0.6 is 0 Å². The lowest BCUT2D eigenvalue weighted by atomic mass is 9.91. The van der Waals surface area contributed by atoms with Crippen molar-refractivity contribution >= 4 is 11.6 Å². The predicted octanol–water partition coefficient (Wildman–Crippen LogP) is 2.58. The molecule has 0 spiro atoms. The zero-order valence-corrected chi connectivity index (χ0v) is 11.7. The number of terminal acetylenes is 1. The largest absolute Gasteiger partial charge is 0.366 e. The first-order chi connectivity index (χ1) is 9.47. The van der Waals surface area contributed by atoms with E-state index >= 15 is 0 Å². The van der Waals surface area contributed by atoms with Crippen molar-refractivity contribution in [3.8, 4) is 12.3 Å². The zero-order chi connectivity index (χ0) is 15.3. The summed E-state index contributed by atoms with van der Waals surface area (Å²) in [5.41, 5.74) is 6.67. The van der Waals surface area contributed by atoms with Gasteiger partial charge in [-0.3, -0.25) is 14.9 Å². The average Bonchev–Trinajstić information content (AvgIpc) is 2.39. The van der Waals surface area contributed by atoms with Crippen molar-refractivity contribution < 1.29 is 9.72 Å². The highest BCUT2D eigenvalue weighted by atomic mass is 16.6. The third-order valence-corrected chi connectivity index (χ3v) is 3.10. The van der Waals surface area contributed by atoms with E-state index in [2.05, 4.69) is 5.92 Å². The molecule has 5 heteroatoms. The zero-order valence-electron chi connectivity index (χ0n) is 11.7. The minimum Gasteiger partial charge on any atom is -0.366 e. The Morgan fingerprint density at radius 2 is 2.00 bits per heavy atom. The maximum Gasteiger partial charge on any atom is 0.289 e. The van der Waals surface area contributed by atoms with Gasteiger partial charge in [-0.15, -0.1) is 6.42 Å². The number of nitro benzene ring substituents is 1. The molecule has 0 aliphatic heterocycles. The van der Waals surface area contributed by atoms with Gasteiger partial charge < -0.3 is 5.73 Å². The summed E-state index contributed by atoms with van der Waals surface area (Å²) in [6, 6.07) is 1.61. The van der Waals surface area contributed by atoms with Crippen molar-refractivity contribution in [2.75, 3.05) is 0 Å². The highest BCUT2D eigenvalue weighted by Gasteiger charge is 2.26. The van der Waals surface area contributed by atoms with Crippen LogP contribution in [0, 0.1) is 22.5 Å². The van der Waals surface area contributed by atoms with Gasteiger partial charge in [0.25, 0.3) is 5.69 Å². The van der Waals surface area contributed by atoms with Crippen molar-refractivity contribution in [3.05, 3.63) is 38.4 Å². The molecule has 0 heterocycles. The summed E-state index contributed by atoms with van der Waals surface area (Å²) >= 11 is 0. The number of hydrogen-bond donors (Lipinski definition) is 1. The van der Waals surface area contributed by atoms with E-state index in [1.54, 1.807) is 6.07 Å². The predicted molar refractivity (Wildman–Crippen MR) is 77.5 cm³/mol. The maximum absolute atomic E-state index is 11.6. The third-order valence-electron chi connectivity index (χ3n) is 3.10. The Morgan fingerprint density at radius 1 is 1.40 bits per heavy atom. The van der Waals surface area contributed by atoms with E-state index in [0.29, 0.717) is 30.4 Å². The van der Waals surface area contributed by atoms with E-state index < -0.39 is 10.8 Å². The fourth-order valence-corrected chi connectivity index (χ4v) is 2.32. The average molecular weight is 274 g/mol. The van der Waals surface area contributed by atoms with Gasteiger partial charge in [0, 0.05) is 11.1 Å². The molecule has 0 aliphatic rings. The second-order valence-electron chi connectivity index (χ2n) is 4.55. The van der Waals surface area contributed by atoms with Crippen LogP contribution in [-0.2, 0) is 12.8 Å². The van der Waals surface area contributed by atoms with Crippen LogP contribution in [-0.4, -0.2) is 10.8 Å². The van der Waals surface area contributed by atoms with Gasteiger partial charge in [0.2, 0.25) is 5.91 Å². The van der Waals surface area contributed by atoms with Gasteiger partial charge in [-0.1, -0.05) is 32.6 Å². The highest BCUT2D eigenvalue weighted by molar-refractivity contribution is 5.96. The molecule has 0 saturated carbocycles. The van der Waals surface area contributed by atoms with Crippen LogP contribution in [0.3, 0.4) is 0 Å². The van der Waals surface area contributed by atoms with E-state index in [1.807, 2.05) is 13.8 Å². The fourth-order valence-electron chi connectivity index (χ4n) is 2.32. The van der Waals surface area contributed by atoms with Crippen molar-refractivity contribution in [1.82, 2.24) is 0 Å². The van der Waals surface area contributed by atoms with Crippen LogP contribution in [0.5, 0.6) is 0 Å². The quantitative estimate of drug-likeness (QED) is 0.491.